The van der Waals surface area contributed by atoms with E-state index in [0.29, 0.717) is 19.6 Å². The molecule has 1 aromatic heterocycles. The largest absolute Gasteiger partial charge is 0.389 e. The van der Waals surface area contributed by atoms with E-state index < -0.39 is 6.10 Å². The molecule has 1 saturated heterocycles. The van der Waals surface area contributed by atoms with Crippen LogP contribution in [-0.2, 0) is 6.54 Å². The Morgan fingerprint density at radius 1 is 0.960 bits per heavy atom. The van der Waals surface area contributed by atoms with Crippen LogP contribution in [0.5, 0.6) is 0 Å². The van der Waals surface area contributed by atoms with Gasteiger partial charge in [0, 0.05) is 41.9 Å². The minimum Gasteiger partial charge on any atom is -0.389 e. The highest BCUT2D eigenvalue weighted by Gasteiger charge is 2.25. The molecule has 1 aliphatic rings. The van der Waals surface area contributed by atoms with E-state index in [9.17, 15) is 9.90 Å². The molecule has 2 heterocycles. The summed E-state index contributed by atoms with van der Waals surface area (Å²) in [5, 5.41) is 13.1. The van der Waals surface area contributed by atoms with Crippen molar-refractivity contribution >= 4 is 27.8 Å². The van der Waals surface area contributed by atoms with Crippen LogP contribution in [0.3, 0.4) is 0 Å². The zero-order valence-electron chi connectivity index (χ0n) is 14.4. The van der Waals surface area contributed by atoms with Gasteiger partial charge in [0.05, 0.1) is 19.2 Å². The van der Waals surface area contributed by atoms with Crippen LogP contribution in [-0.4, -0.2) is 58.3 Å². The van der Waals surface area contributed by atoms with Crippen LogP contribution in [0, 0.1) is 0 Å². The number of urea groups is 1. The average Bonchev–Trinajstić information content (AvgIpc) is 2.94. The van der Waals surface area contributed by atoms with Crippen molar-refractivity contribution in [2.24, 2.45) is 0 Å². The average molecular weight is 337 g/mol. The Morgan fingerprint density at radius 2 is 1.56 bits per heavy atom. The standard InChI is InChI=1S/C20H23N3O2/c1-21-11-6-12-22(20(21)25)13-15(24)14-23-18-9-4-2-7-16(18)17-8-3-5-10-19(17)23/h2-5,7-10,15,24H,6,11-14H2,1H3. The first-order valence-corrected chi connectivity index (χ1v) is 8.79. The normalized spacial score (nSPS) is 16.8. The molecule has 4 rings (SSSR count). The number of aliphatic hydroxyl groups excluding tert-OH is 1. The summed E-state index contributed by atoms with van der Waals surface area (Å²) in [4.78, 5) is 15.7. The Kier molecular flexibility index (Phi) is 4.09. The van der Waals surface area contributed by atoms with E-state index in [4.69, 9.17) is 0 Å². The van der Waals surface area contributed by atoms with Gasteiger partial charge in [-0.05, 0) is 18.6 Å². The number of para-hydroxylation sites is 2. The van der Waals surface area contributed by atoms with Gasteiger partial charge in [0.15, 0.2) is 0 Å². The molecule has 5 heteroatoms. The summed E-state index contributed by atoms with van der Waals surface area (Å²) in [6, 6.07) is 16.5. The molecule has 2 amide bonds. The summed E-state index contributed by atoms with van der Waals surface area (Å²) >= 11 is 0. The first-order valence-electron chi connectivity index (χ1n) is 8.79. The van der Waals surface area contributed by atoms with Crippen LogP contribution in [0.25, 0.3) is 21.8 Å². The summed E-state index contributed by atoms with van der Waals surface area (Å²) in [5.74, 6) is 0. The van der Waals surface area contributed by atoms with Crippen molar-refractivity contribution in [1.29, 1.82) is 0 Å². The van der Waals surface area contributed by atoms with Gasteiger partial charge in [-0.2, -0.15) is 0 Å². The second-order valence-electron chi connectivity index (χ2n) is 6.80. The molecule has 0 radical (unpaired) electrons. The fourth-order valence-corrected chi connectivity index (χ4v) is 3.82. The first-order chi connectivity index (χ1) is 12.1. The van der Waals surface area contributed by atoms with Gasteiger partial charge in [-0.15, -0.1) is 0 Å². The first kappa shape index (κ1) is 16.0. The fourth-order valence-electron chi connectivity index (χ4n) is 3.82. The molecular weight excluding hydrogens is 314 g/mol. The van der Waals surface area contributed by atoms with Gasteiger partial charge in [0.25, 0.3) is 0 Å². The Labute approximate surface area is 147 Å². The van der Waals surface area contributed by atoms with Gasteiger partial charge in [0.2, 0.25) is 0 Å². The maximum Gasteiger partial charge on any atom is 0.319 e. The zero-order chi connectivity index (χ0) is 17.4. The number of rotatable bonds is 4. The van der Waals surface area contributed by atoms with Crippen molar-refractivity contribution in [3.05, 3.63) is 48.5 Å². The Morgan fingerprint density at radius 3 is 2.20 bits per heavy atom. The van der Waals surface area contributed by atoms with E-state index in [1.165, 1.54) is 10.8 Å². The lowest BCUT2D eigenvalue weighted by Gasteiger charge is -2.34. The summed E-state index contributed by atoms with van der Waals surface area (Å²) < 4.78 is 2.16. The van der Waals surface area contributed by atoms with E-state index in [1.54, 1.807) is 9.80 Å². The third kappa shape index (κ3) is 2.85. The third-order valence-corrected chi connectivity index (χ3v) is 5.02. The van der Waals surface area contributed by atoms with Gasteiger partial charge in [-0.25, -0.2) is 4.79 Å². The lowest BCUT2D eigenvalue weighted by molar-refractivity contribution is 0.0847. The highest BCUT2D eigenvalue weighted by molar-refractivity contribution is 6.07. The second kappa shape index (κ2) is 6.41. The summed E-state index contributed by atoms with van der Waals surface area (Å²) in [6.07, 6.45) is 0.347. The summed E-state index contributed by atoms with van der Waals surface area (Å²) in [6.45, 7) is 2.34. The molecular formula is C20H23N3O2. The van der Waals surface area contributed by atoms with Crippen molar-refractivity contribution in [3.63, 3.8) is 0 Å². The summed E-state index contributed by atoms with van der Waals surface area (Å²) in [5.41, 5.74) is 2.23. The van der Waals surface area contributed by atoms with E-state index in [1.807, 2.05) is 31.3 Å². The van der Waals surface area contributed by atoms with Crippen LogP contribution in [0.15, 0.2) is 48.5 Å². The van der Waals surface area contributed by atoms with Gasteiger partial charge < -0.3 is 19.5 Å². The lowest BCUT2D eigenvalue weighted by Crippen LogP contribution is -2.50. The maximum atomic E-state index is 12.2. The molecule has 130 valence electrons. The second-order valence-corrected chi connectivity index (χ2v) is 6.80. The number of carbonyl (C=O) groups excluding carboxylic acids is 1. The van der Waals surface area contributed by atoms with Crippen LogP contribution in [0.1, 0.15) is 6.42 Å². The SMILES string of the molecule is CN1CCCN(CC(O)Cn2c3ccccc3c3ccccc32)C1=O. The quantitative estimate of drug-likeness (QED) is 0.796. The molecule has 1 fully saturated rings. The molecule has 5 nitrogen and oxygen atoms in total. The molecule has 1 unspecified atom stereocenters. The molecule has 0 aliphatic carbocycles. The number of aliphatic hydroxyl groups is 1. The summed E-state index contributed by atoms with van der Waals surface area (Å²) in [7, 11) is 1.81. The third-order valence-electron chi connectivity index (χ3n) is 5.02. The topological polar surface area (TPSA) is 48.7 Å². The van der Waals surface area contributed by atoms with Crippen molar-refractivity contribution < 1.29 is 9.90 Å². The number of benzene rings is 2. The van der Waals surface area contributed by atoms with E-state index in [2.05, 4.69) is 28.8 Å². The van der Waals surface area contributed by atoms with Gasteiger partial charge >= 0.3 is 6.03 Å². The van der Waals surface area contributed by atoms with E-state index in [0.717, 1.165) is 24.0 Å². The van der Waals surface area contributed by atoms with Gasteiger partial charge in [-0.3, -0.25) is 0 Å². The minimum absolute atomic E-state index is 0.00697. The number of nitrogens with zero attached hydrogens (tertiary/aromatic N) is 3. The van der Waals surface area contributed by atoms with Crippen LogP contribution in [0.2, 0.25) is 0 Å². The molecule has 25 heavy (non-hydrogen) atoms. The molecule has 0 spiro atoms. The van der Waals surface area contributed by atoms with Crippen LogP contribution < -0.4 is 0 Å². The number of fused-ring (bicyclic) bond motifs is 3. The molecule has 1 aliphatic heterocycles. The van der Waals surface area contributed by atoms with Crippen molar-refractivity contribution in [1.82, 2.24) is 14.4 Å². The minimum atomic E-state index is -0.602. The molecule has 1 N–H and O–H groups in total. The monoisotopic (exact) mass is 337 g/mol. The number of hydrogen-bond acceptors (Lipinski definition) is 2. The number of aromatic nitrogens is 1. The van der Waals surface area contributed by atoms with E-state index >= 15 is 0 Å². The Bertz CT molecular complexity index is 864. The fraction of sp³-hybridized carbons (Fsp3) is 0.350. The Hall–Kier alpha value is -2.53. The molecule has 0 bridgehead atoms. The lowest BCUT2D eigenvalue weighted by atomic mass is 10.2. The van der Waals surface area contributed by atoms with E-state index in [-0.39, 0.29) is 6.03 Å². The van der Waals surface area contributed by atoms with Crippen molar-refractivity contribution in [2.75, 3.05) is 26.7 Å². The highest BCUT2D eigenvalue weighted by atomic mass is 16.3. The van der Waals surface area contributed by atoms with Gasteiger partial charge in [0.1, 0.15) is 0 Å². The molecule has 2 aromatic carbocycles. The highest BCUT2D eigenvalue weighted by Crippen LogP contribution is 2.28. The predicted octanol–water partition coefficient (Wildman–Crippen LogP) is 2.91. The van der Waals surface area contributed by atoms with Gasteiger partial charge in [-0.1, -0.05) is 36.4 Å². The smallest absolute Gasteiger partial charge is 0.319 e. The molecule has 3 aromatic rings. The maximum absolute atomic E-state index is 12.2. The predicted molar refractivity (Wildman–Crippen MR) is 99.7 cm³/mol. The molecule has 0 saturated carbocycles. The number of carbonyl (C=O) groups is 1. The Balaban J connectivity index is 1.62. The van der Waals surface area contributed by atoms with Crippen molar-refractivity contribution in [2.45, 2.75) is 19.1 Å². The van der Waals surface area contributed by atoms with Crippen LogP contribution >= 0.6 is 0 Å². The zero-order valence-corrected chi connectivity index (χ0v) is 14.4. The van der Waals surface area contributed by atoms with Crippen LogP contribution in [0.4, 0.5) is 4.79 Å². The number of amides is 2. The number of hydrogen-bond donors (Lipinski definition) is 1. The number of β-amino-alcohol motifs (C(OH)–C–C–N with tert-alkyl or cyclic N) is 1. The molecule has 1 atom stereocenters. The van der Waals surface area contributed by atoms with Crippen molar-refractivity contribution in [3.8, 4) is 0 Å².